The molecule has 0 radical (unpaired) electrons. The number of amides is 3. The fourth-order valence-electron chi connectivity index (χ4n) is 3.50. The summed E-state index contributed by atoms with van der Waals surface area (Å²) in [5.41, 5.74) is 2.60. The van der Waals surface area contributed by atoms with Crippen molar-refractivity contribution >= 4 is 34.9 Å². The molecule has 1 aliphatic rings. The number of aromatic nitrogens is 2. The highest BCUT2D eigenvalue weighted by atomic mass is 16.5. The number of carbonyl (C=O) groups excluding carboxylic acids is 3. The fourth-order valence-corrected chi connectivity index (χ4v) is 3.50. The lowest BCUT2D eigenvalue weighted by Gasteiger charge is -2.24. The third-order valence-electron chi connectivity index (χ3n) is 4.90. The molecule has 158 valence electrons. The second-order valence-electron chi connectivity index (χ2n) is 7.07. The van der Waals surface area contributed by atoms with Crippen molar-refractivity contribution < 1.29 is 19.1 Å². The molecule has 4 rings (SSSR count). The largest absolute Gasteiger partial charge is 0.496 e. The van der Waals surface area contributed by atoms with Crippen molar-refractivity contribution in [3.05, 3.63) is 54.7 Å². The second-order valence-corrected chi connectivity index (χ2v) is 7.07. The number of nitrogens with one attached hydrogen (secondary N) is 3. The number of benzene rings is 2. The number of methoxy groups -OCH3 is 1. The summed E-state index contributed by atoms with van der Waals surface area (Å²) >= 11 is 0. The Labute approximate surface area is 178 Å². The summed E-state index contributed by atoms with van der Waals surface area (Å²) in [7, 11) is 1.57. The molecule has 1 aromatic heterocycles. The maximum atomic E-state index is 13.0. The summed E-state index contributed by atoms with van der Waals surface area (Å²) in [4.78, 5) is 36.5. The molecule has 2 aromatic carbocycles. The monoisotopic (exact) mass is 419 g/mol. The molecule has 0 spiro atoms. The number of fused-ring (bicyclic) bond motifs is 1. The first-order valence-corrected chi connectivity index (χ1v) is 9.65. The smallest absolute Gasteiger partial charge is 0.249 e. The van der Waals surface area contributed by atoms with Crippen LogP contribution in [0.2, 0.25) is 0 Å². The number of rotatable bonds is 5. The first-order valence-electron chi connectivity index (χ1n) is 9.65. The highest BCUT2D eigenvalue weighted by molar-refractivity contribution is 6.03. The Morgan fingerprint density at radius 3 is 2.42 bits per heavy atom. The van der Waals surface area contributed by atoms with Gasteiger partial charge in [0.2, 0.25) is 17.7 Å². The van der Waals surface area contributed by atoms with Crippen molar-refractivity contribution in [2.75, 3.05) is 23.1 Å². The average molecular weight is 419 g/mol. The van der Waals surface area contributed by atoms with Gasteiger partial charge in [0.15, 0.2) is 0 Å². The molecule has 1 aliphatic heterocycles. The molecule has 31 heavy (non-hydrogen) atoms. The van der Waals surface area contributed by atoms with Gasteiger partial charge in [-0.25, -0.2) is 4.68 Å². The number of para-hydroxylation sites is 1. The van der Waals surface area contributed by atoms with Gasteiger partial charge in [0.1, 0.15) is 17.6 Å². The zero-order valence-electron chi connectivity index (χ0n) is 17.0. The van der Waals surface area contributed by atoms with E-state index in [0.29, 0.717) is 28.5 Å². The number of nitrogens with zero attached hydrogens (tertiary/aromatic N) is 2. The van der Waals surface area contributed by atoms with E-state index < -0.39 is 6.04 Å². The van der Waals surface area contributed by atoms with E-state index in [-0.39, 0.29) is 24.1 Å². The summed E-state index contributed by atoms with van der Waals surface area (Å²) < 4.78 is 6.94. The van der Waals surface area contributed by atoms with Gasteiger partial charge in [-0.05, 0) is 30.3 Å². The van der Waals surface area contributed by atoms with Gasteiger partial charge in [-0.2, -0.15) is 5.10 Å². The molecule has 3 amide bonds. The van der Waals surface area contributed by atoms with E-state index >= 15 is 0 Å². The minimum Gasteiger partial charge on any atom is -0.496 e. The van der Waals surface area contributed by atoms with E-state index in [9.17, 15) is 14.4 Å². The molecule has 0 bridgehead atoms. The van der Waals surface area contributed by atoms with Crippen molar-refractivity contribution in [2.45, 2.75) is 19.4 Å². The standard InChI is InChI=1S/C22H21N5O4/c1-13(28)24-14-7-9-15(10-8-14)25-22(30)18-11-20(29)26-21-17(12-23-27(18)21)16-5-3-4-6-19(16)31-2/h3-10,12,18H,11H2,1-2H3,(H,24,28)(H,25,30)(H,26,29). The lowest BCUT2D eigenvalue weighted by atomic mass is 10.1. The molecule has 2 heterocycles. The van der Waals surface area contributed by atoms with E-state index in [1.807, 2.05) is 24.3 Å². The van der Waals surface area contributed by atoms with Gasteiger partial charge in [0.25, 0.3) is 0 Å². The molecule has 3 aromatic rings. The zero-order valence-corrected chi connectivity index (χ0v) is 17.0. The molecular formula is C22H21N5O4. The maximum absolute atomic E-state index is 13.0. The maximum Gasteiger partial charge on any atom is 0.249 e. The molecule has 0 saturated heterocycles. The minimum absolute atomic E-state index is 0.0319. The van der Waals surface area contributed by atoms with Crippen LogP contribution >= 0.6 is 0 Å². The number of anilines is 3. The van der Waals surface area contributed by atoms with Crippen LogP contribution in [0.15, 0.2) is 54.7 Å². The van der Waals surface area contributed by atoms with Crippen molar-refractivity contribution in [3.8, 4) is 16.9 Å². The Hall–Kier alpha value is -4.14. The van der Waals surface area contributed by atoms with Crippen LogP contribution in [0.5, 0.6) is 5.75 Å². The van der Waals surface area contributed by atoms with E-state index in [1.54, 1.807) is 37.6 Å². The molecule has 0 fully saturated rings. The summed E-state index contributed by atoms with van der Waals surface area (Å²) in [5, 5.41) is 12.7. The SMILES string of the molecule is COc1ccccc1-c1cnn2c1NC(=O)CC2C(=O)Nc1ccc(NC(C)=O)cc1. The summed E-state index contributed by atoms with van der Waals surface area (Å²) in [6.45, 7) is 1.42. The van der Waals surface area contributed by atoms with Crippen molar-refractivity contribution in [2.24, 2.45) is 0 Å². The predicted molar refractivity (Wildman–Crippen MR) is 116 cm³/mol. The third kappa shape index (κ3) is 4.11. The number of hydrogen-bond acceptors (Lipinski definition) is 5. The third-order valence-corrected chi connectivity index (χ3v) is 4.90. The van der Waals surface area contributed by atoms with Crippen LogP contribution in [-0.2, 0) is 14.4 Å². The van der Waals surface area contributed by atoms with Gasteiger partial charge >= 0.3 is 0 Å². The Balaban J connectivity index is 1.60. The summed E-state index contributed by atoms with van der Waals surface area (Å²) in [5.74, 6) is 0.269. The number of carbonyl (C=O) groups is 3. The van der Waals surface area contributed by atoms with E-state index in [1.165, 1.54) is 11.6 Å². The van der Waals surface area contributed by atoms with Gasteiger partial charge in [-0.1, -0.05) is 18.2 Å². The molecule has 0 saturated carbocycles. The number of ether oxygens (including phenoxy) is 1. The lowest BCUT2D eigenvalue weighted by molar-refractivity contribution is -0.125. The Morgan fingerprint density at radius 1 is 1.06 bits per heavy atom. The highest BCUT2D eigenvalue weighted by Crippen LogP contribution is 2.38. The predicted octanol–water partition coefficient (Wildman–Crippen LogP) is 3.04. The second kappa shape index (κ2) is 8.31. The molecule has 3 N–H and O–H groups in total. The van der Waals surface area contributed by atoms with E-state index in [2.05, 4.69) is 21.0 Å². The average Bonchev–Trinajstić information content (AvgIpc) is 3.17. The minimum atomic E-state index is -0.803. The topological polar surface area (TPSA) is 114 Å². The van der Waals surface area contributed by atoms with Gasteiger partial charge in [-0.15, -0.1) is 0 Å². The van der Waals surface area contributed by atoms with E-state index in [4.69, 9.17) is 4.74 Å². The van der Waals surface area contributed by atoms with Gasteiger partial charge in [0.05, 0.1) is 19.7 Å². The Bertz CT molecular complexity index is 1150. The lowest BCUT2D eigenvalue weighted by Crippen LogP contribution is -2.35. The fraction of sp³-hybridized carbons (Fsp3) is 0.182. The molecule has 9 heteroatoms. The molecular weight excluding hydrogens is 398 g/mol. The summed E-state index contributed by atoms with van der Waals surface area (Å²) in [6.07, 6.45) is 1.58. The van der Waals surface area contributed by atoms with E-state index in [0.717, 1.165) is 5.56 Å². The highest BCUT2D eigenvalue weighted by Gasteiger charge is 2.33. The normalized spacial score (nSPS) is 14.9. The molecule has 0 aliphatic carbocycles. The number of hydrogen-bond donors (Lipinski definition) is 3. The van der Waals surface area contributed by atoms with Gasteiger partial charge in [0, 0.05) is 29.4 Å². The van der Waals surface area contributed by atoms with Crippen LogP contribution in [0, 0.1) is 0 Å². The zero-order chi connectivity index (χ0) is 22.0. The van der Waals surface area contributed by atoms with Crippen LogP contribution in [-0.4, -0.2) is 34.6 Å². The molecule has 1 unspecified atom stereocenters. The van der Waals surface area contributed by atoms with Crippen LogP contribution in [0.3, 0.4) is 0 Å². The molecule has 1 atom stereocenters. The van der Waals surface area contributed by atoms with Crippen molar-refractivity contribution in [1.82, 2.24) is 9.78 Å². The van der Waals surface area contributed by atoms with Gasteiger partial charge in [-0.3, -0.25) is 14.4 Å². The Morgan fingerprint density at radius 2 is 1.74 bits per heavy atom. The quantitative estimate of drug-likeness (QED) is 0.588. The van der Waals surface area contributed by atoms with Crippen LogP contribution in [0.25, 0.3) is 11.1 Å². The summed E-state index contributed by atoms with van der Waals surface area (Å²) in [6, 6.07) is 13.3. The van der Waals surface area contributed by atoms with Crippen molar-refractivity contribution in [1.29, 1.82) is 0 Å². The van der Waals surface area contributed by atoms with Crippen molar-refractivity contribution in [3.63, 3.8) is 0 Å². The first kappa shape index (κ1) is 20.1. The first-order chi connectivity index (χ1) is 15.0. The van der Waals surface area contributed by atoms with Crippen LogP contribution in [0.1, 0.15) is 19.4 Å². The van der Waals surface area contributed by atoms with Crippen LogP contribution < -0.4 is 20.7 Å². The van der Waals surface area contributed by atoms with Gasteiger partial charge < -0.3 is 20.7 Å². The van der Waals surface area contributed by atoms with Crippen LogP contribution in [0.4, 0.5) is 17.2 Å². The molecule has 9 nitrogen and oxygen atoms in total. The Kier molecular flexibility index (Phi) is 5.40.